The molecule has 0 saturated carbocycles. The minimum atomic E-state index is -0.756. The van der Waals surface area contributed by atoms with Crippen molar-refractivity contribution in [1.29, 1.82) is 0 Å². The first kappa shape index (κ1) is 24.0. The van der Waals surface area contributed by atoms with Crippen LogP contribution in [0.25, 0.3) is 0 Å². The fourth-order valence-corrected chi connectivity index (χ4v) is 3.32. The van der Waals surface area contributed by atoms with Crippen LogP contribution in [-0.2, 0) is 4.79 Å². The highest BCUT2D eigenvalue weighted by Gasteiger charge is 2.15. The van der Waals surface area contributed by atoms with Crippen LogP contribution in [0.15, 0.2) is 24.3 Å². The zero-order valence-electron chi connectivity index (χ0n) is 17.5. The molecule has 0 aliphatic rings. The fraction of sp³-hybridized carbons (Fsp3) is 0.652. The molecule has 5 nitrogen and oxygen atoms in total. The number of nitrogens with two attached hydrogens (primary N) is 1. The summed E-state index contributed by atoms with van der Waals surface area (Å²) in [6, 6.07) is 7.08. The summed E-state index contributed by atoms with van der Waals surface area (Å²) in [5.74, 6) is -0.713. The lowest BCUT2D eigenvalue weighted by Crippen LogP contribution is -2.33. The molecule has 0 fully saturated rings. The van der Waals surface area contributed by atoms with Crippen molar-refractivity contribution in [3.63, 3.8) is 0 Å². The van der Waals surface area contributed by atoms with E-state index >= 15 is 0 Å². The number of rotatable bonds is 16. The van der Waals surface area contributed by atoms with Crippen molar-refractivity contribution in [2.45, 2.75) is 84.0 Å². The quantitative estimate of drug-likeness (QED) is 0.288. The maximum absolute atomic E-state index is 12.9. The molecule has 1 aromatic carbocycles. The van der Waals surface area contributed by atoms with Gasteiger partial charge in [-0.25, -0.2) is 0 Å². The predicted molar refractivity (Wildman–Crippen MR) is 115 cm³/mol. The Balaban J connectivity index is 2.42. The number of hydrogen-bond acceptors (Lipinski definition) is 3. The summed E-state index contributed by atoms with van der Waals surface area (Å²) in [6.45, 7) is 3.67. The third-order valence-corrected chi connectivity index (χ3v) is 5.05. The first-order valence-corrected chi connectivity index (χ1v) is 10.9. The van der Waals surface area contributed by atoms with Crippen molar-refractivity contribution < 1.29 is 14.7 Å². The van der Waals surface area contributed by atoms with Crippen molar-refractivity contribution in [2.24, 2.45) is 0 Å². The van der Waals surface area contributed by atoms with Gasteiger partial charge < -0.3 is 15.7 Å². The molecule has 158 valence electrons. The summed E-state index contributed by atoms with van der Waals surface area (Å²) in [5, 5.41) is 8.74. The second-order valence-electron chi connectivity index (χ2n) is 7.59. The smallest absolute Gasteiger partial charge is 0.303 e. The second kappa shape index (κ2) is 14.9. The highest BCUT2D eigenvalue weighted by Crippen LogP contribution is 2.13. The van der Waals surface area contributed by atoms with Crippen molar-refractivity contribution >= 4 is 17.6 Å². The molecule has 1 aromatic rings. The first-order chi connectivity index (χ1) is 13.5. The third-order valence-electron chi connectivity index (χ3n) is 5.05. The summed E-state index contributed by atoms with van der Waals surface area (Å²) in [5.41, 5.74) is 7.04. The number of unbranched alkanes of at least 4 members (excludes halogenated alkanes) is 9. The maximum atomic E-state index is 12.9. The van der Waals surface area contributed by atoms with Crippen molar-refractivity contribution in [2.75, 3.05) is 18.8 Å². The molecule has 0 aliphatic heterocycles. The topological polar surface area (TPSA) is 83.6 Å². The van der Waals surface area contributed by atoms with Gasteiger partial charge in [-0.1, -0.05) is 58.3 Å². The molecular formula is C23H38N2O3. The van der Waals surface area contributed by atoms with Gasteiger partial charge in [-0.15, -0.1) is 0 Å². The average Bonchev–Trinajstić information content (AvgIpc) is 2.68. The van der Waals surface area contributed by atoms with Gasteiger partial charge in [0.15, 0.2) is 0 Å². The van der Waals surface area contributed by atoms with Crippen LogP contribution < -0.4 is 5.73 Å². The molecule has 0 aromatic heterocycles. The Morgan fingerprint density at radius 3 is 1.86 bits per heavy atom. The molecule has 0 saturated heterocycles. The van der Waals surface area contributed by atoms with E-state index in [2.05, 4.69) is 6.92 Å². The summed E-state index contributed by atoms with van der Waals surface area (Å²) in [4.78, 5) is 25.4. The van der Waals surface area contributed by atoms with Crippen molar-refractivity contribution in [1.82, 2.24) is 4.90 Å². The Morgan fingerprint density at radius 1 is 0.821 bits per heavy atom. The van der Waals surface area contributed by atoms with Crippen LogP contribution in [0.4, 0.5) is 5.69 Å². The highest BCUT2D eigenvalue weighted by molar-refractivity contribution is 5.94. The number of carboxylic acid groups (broad SMARTS) is 1. The monoisotopic (exact) mass is 390 g/mol. The SMILES string of the molecule is CCCCCCCCCCN(CCCCCC(=O)O)C(=O)c1ccc(N)cc1. The second-order valence-corrected chi connectivity index (χ2v) is 7.59. The van der Waals surface area contributed by atoms with Gasteiger partial charge >= 0.3 is 5.97 Å². The van der Waals surface area contributed by atoms with Crippen LogP contribution in [0.2, 0.25) is 0 Å². The number of nitrogen functional groups attached to an aromatic ring is 1. The number of carboxylic acids is 1. The number of amides is 1. The molecule has 0 heterocycles. The van der Waals surface area contributed by atoms with Crippen LogP contribution >= 0.6 is 0 Å². The van der Waals surface area contributed by atoms with Gasteiger partial charge in [-0.2, -0.15) is 0 Å². The molecule has 0 radical (unpaired) electrons. The largest absolute Gasteiger partial charge is 0.481 e. The van der Waals surface area contributed by atoms with Gasteiger partial charge in [-0.05, 0) is 43.5 Å². The van der Waals surface area contributed by atoms with Crippen LogP contribution in [0.5, 0.6) is 0 Å². The third kappa shape index (κ3) is 11.0. The fourth-order valence-electron chi connectivity index (χ4n) is 3.32. The number of benzene rings is 1. The molecule has 0 spiro atoms. The molecule has 0 aliphatic carbocycles. The van der Waals surface area contributed by atoms with Gasteiger partial charge in [0.1, 0.15) is 0 Å². The van der Waals surface area contributed by atoms with E-state index in [4.69, 9.17) is 10.8 Å². The Labute approximate surface area is 170 Å². The van der Waals surface area contributed by atoms with Crippen LogP contribution in [-0.4, -0.2) is 35.0 Å². The van der Waals surface area contributed by atoms with E-state index in [-0.39, 0.29) is 12.3 Å². The summed E-state index contributed by atoms with van der Waals surface area (Å²) < 4.78 is 0. The average molecular weight is 391 g/mol. The van der Waals surface area contributed by atoms with E-state index in [1.165, 1.54) is 38.5 Å². The molecule has 0 unspecified atom stereocenters. The highest BCUT2D eigenvalue weighted by atomic mass is 16.4. The Morgan fingerprint density at radius 2 is 1.32 bits per heavy atom. The maximum Gasteiger partial charge on any atom is 0.303 e. The number of nitrogens with zero attached hydrogens (tertiary/aromatic N) is 1. The minimum Gasteiger partial charge on any atom is -0.481 e. The first-order valence-electron chi connectivity index (χ1n) is 10.9. The zero-order chi connectivity index (χ0) is 20.6. The van der Waals surface area contributed by atoms with Gasteiger partial charge in [0, 0.05) is 30.8 Å². The lowest BCUT2D eigenvalue weighted by Gasteiger charge is -2.23. The zero-order valence-corrected chi connectivity index (χ0v) is 17.5. The Kier molecular flexibility index (Phi) is 12.8. The Hall–Kier alpha value is -2.04. The van der Waals surface area contributed by atoms with Gasteiger partial charge in [-0.3, -0.25) is 9.59 Å². The molecule has 3 N–H and O–H groups in total. The van der Waals surface area contributed by atoms with Gasteiger partial charge in [0.25, 0.3) is 5.91 Å². The molecule has 1 amide bonds. The van der Waals surface area contributed by atoms with Gasteiger partial charge in [0.05, 0.1) is 0 Å². The van der Waals surface area contributed by atoms with E-state index in [9.17, 15) is 9.59 Å². The molecule has 1 rings (SSSR count). The van der Waals surface area contributed by atoms with Gasteiger partial charge in [0.2, 0.25) is 0 Å². The lowest BCUT2D eigenvalue weighted by molar-refractivity contribution is -0.137. The van der Waals surface area contributed by atoms with E-state index in [1.54, 1.807) is 24.3 Å². The van der Waals surface area contributed by atoms with E-state index in [0.29, 0.717) is 24.2 Å². The number of hydrogen-bond donors (Lipinski definition) is 2. The lowest BCUT2D eigenvalue weighted by atomic mass is 10.1. The molecule has 5 heteroatoms. The molecule has 28 heavy (non-hydrogen) atoms. The molecular weight excluding hydrogens is 352 g/mol. The summed E-state index contributed by atoms with van der Waals surface area (Å²) in [6.07, 6.45) is 12.4. The van der Waals surface area contributed by atoms with E-state index < -0.39 is 5.97 Å². The summed E-state index contributed by atoms with van der Waals surface area (Å²) in [7, 11) is 0. The molecule has 0 bridgehead atoms. The number of carbonyl (C=O) groups excluding carboxylic acids is 1. The summed E-state index contributed by atoms with van der Waals surface area (Å²) >= 11 is 0. The Bertz CT molecular complexity index is 557. The van der Waals surface area contributed by atoms with E-state index in [1.807, 2.05) is 4.90 Å². The normalized spacial score (nSPS) is 10.8. The van der Waals surface area contributed by atoms with Crippen molar-refractivity contribution in [3.05, 3.63) is 29.8 Å². The molecule has 0 atom stereocenters. The van der Waals surface area contributed by atoms with Crippen molar-refractivity contribution in [3.8, 4) is 0 Å². The van der Waals surface area contributed by atoms with Crippen LogP contribution in [0.1, 0.15) is 94.3 Å². The minimum absolute atomic E-state index is 0.0428. The number of carbonyl (C=O) groups is 2. The van der Waals surface area contributed by atoms with Crippen LogP contribution in [0, 0.1) is 0 Å². The number of aliphatic carboxylic acids is 1. The van der Waals surface area contributed by atoms with Crippen LogP contribution in [0.3, 0.4) is 0 Å². The standard InChI is InChI=1S/C23H38N2O3/c1-2-3-4-5-6-7-8-11-18-25(19-12-9-10-13-22(26)27)23(28)20-14-16-21(24)17-15-20/h14-17H,2-13,18-19,24H2,1H3,(H,26,27). The number of anilines is 1. The predicted octanol–water partition coefficient (Wildman–Crippen LogP) is 5.50. The van der Waals surface area contributed by atoms with E-state index in [0.717, 1.165) is 32.2 Å².